The van der Waals surface area contributed by atoms with E-state index < -0.39 is 0 Å². The molecular weight excluding hydrogens is 252 g/mol. The molecule has 0 bridgehead atoms. The molecule has 2 rings (SSSR count). The third-order valence-corrected chi connectivity index (χ3v) is 3.65. The van der Waals surface area contributed by atoms with E-state index in [1.165, 1.54) is 0 Å². The van der Waals surface area contributed by atoms with Crippen LogP contribution in [0.2, 0.25) is 0 Å². The molecule has 1 aliphatic rings. The molecule has 1 N–H and O–H groups in total. The maximum atomic E-state index is 9.44. The fourth-order valence-electron chi connectivity index (χ4n) is 2.74. The summed E-state index contributed by atoms with van der Waals surface area (Å²) in [6.07, 6.45) is -0.290. The average Bonchev–Trinajstić information content (AvgIpc) is 2.38. The van der Waals surface area contributed by atoms with Gasteiger partial charge in [0.15, 0.2) is 0 Å². The lowest BCUT2D eigenvalue weighted by atomic mass is 10.1. The van der Waals surface area contributed by atoms with Crippen molar-refractivity contribution in [1.29, 1.82) is 5.26 Å². The molecule has 1 aromatic rings. The molecular formula is C15H22N4O. The Labute approximate surface area is 120 Å². The maximum Gasteiger partial charge on any atom is 0.103 e. The smallest absolute Gasteiger partial charge is 0.103 e. The molecule has 20 heavy (non-hydrogen) atoms. The Balaban J connectivity index is 2.13. The molecule has 108 valence electrons. The van der Waals surface area contributed by atoms with Gasteiger partial charge in [-0.15, -0.1) is 0 Å². The molecule has 1 saturated heterocycles. The minimum atomic E-state index is -0.290. The molecule has 2 heterocycles. The van der Waals surface area contributed by atoms with Crippen molar-refractivity contribution in [1.82, 2.24) is 9.88 Å². The summed E-state index contributed by atoms with van der Waals surface area (Å²) in [6, 6.07) is 4.27. The van der Waals surface area contributed by atoms with Crippen LogP contribution in [0, 0.1) is 25.2 Å². The number of hydrogen-bond donors (Lipinski definition) is 1. The second-order valence-corrected chi connectivity index (χ2v) is 5.49. The highest BCUT2D eigenvalue weighted by molar-refractivity contribution is 5.61. The maximum absolute atomic E-state index is 9.44. The predicted octanol–water partition coefficient (Wildman–Crippen LogP) is 1.07. The van der Waals surface area contributed by atoms with Crippen molar-refractivity contribution in [3.63, 3.8) is 0 Å². The summed E-state index contributed by atoms with van der Waals surface area (Å²) in [6.45, 7) is 9.96. The number of pyridine rings is 1. The van der Waals surface area contributed by atoms with Gasteiger partial charge in [-0.1, -0.05) is 0 Å². The largest absolute Gasteiger partial charge is 0.392 e. The van der Waals surface area contributed by atoms with Crippen molar-refractivity contribution in [2.75, 3.05) is 37.6 Å². The molecule has 0 saturated carbocycles. The Morgan fingerprint density at radius 1 is 1.35 bits per heavy atom. The summed E-state index contributed by atoms with van der Waals surface area (Å²) in [7, 11) is 0. The number of nitriles is 1. The molecule has 1 atom stereocenters. The fraction of sp³-hybridized carbons (Fsp3) is 0.600. The van der Waals surface area contributed by atoms with Crippen LogP contribution in [0.3, 0.4) is 0 Å². The van der Waals surface area contributed by atoms with Crippen molar-refractivity contribution >= 4 is 5.69 Å². The number of β-amino-alcohol motifs (C(OH)–C–C–N with tert-alkyl or cyclic N) is 1. The Kier molecular flexibility index (Phi) is 4.58. The lowest BCUT2D eigenvalue weighted by molar-refractivity contribution is 0.122. The van der Waals surface area contributed by atoms with Crippen LogP contribution in [0.4, 0.5) is 5.69 Å². The van der Waals surface area contributed by atoms with E-state index in [0.717, 1.165) is 43.3 Å². The molecule has 1 fully saturated rings. The van der Waals surface area contributed by atoms with E-state index in [0.29, 0.717) is 12.1 Å². The fourth-order valence-corrected chi connectivity index (χ4v) is 2.74. The number of hydrogen-bond acceptors (Lipinski definition) is 5. The van der Waals surface area contributed by atoms with Gasteiger partial charge in [0, 0.05) is 38.4 Å². The minimum Gasteiger partial charge on any atom is -0.392 e. The Morgan fingerprint density at radius 2 is 2.00 bits per heavy atom. The summed E-state index contributed by atoms with van der Waals surface area (Å²) in [4.78, 5) is 8.87. The third kappa shape index (κ3) is 3.27. The van der Waals surface area contributed by atoms with E-state index in [-0.39, 0.29) is 6.10 Å². The average molecular weight is 274 g/mol. The molecule has 0 radical (unpaired) electrons. The quantitative estimate of drug-likeness (QED) is 0.893. The lowest BCUT2D eigenvalue weighted by Crippen LogP contribution is -2.48. The number of piperazine rings is 1. The molecule has 0 spiro atoms. The summed E-state index contributed by atoms with van der Waals surface area (Å²) >= 11 is 0. The Bertz CT molecular complexity index is 513. The van der Waals surface area contributed by atoms with Crippen molar-refractivity contribution in [3.8, 4) is 6.07 Å². The standard InChI is InChI=1S/C15H22N4O/c1-11-8-15(14(9-16)13(3)17-11)19-6-4-18(5-7-19)10-12(2)20/h8,12,20H,4-7,10H2,1-3H3/t12-/m1/s1. The molecule has 1 aliphatic heterocycles. The summed E-state index contributed by atoms with van der Waals surface area (Å²) in [5.74, 6) is 0. The summed E-state index contributed by atoms with van der Waals surface area (Å²) < 4.78 is 0. The van der Waals surface area contributed by atoms with E-state index in [4.69, 9.17) is 0 Å². The van der Waals surface area contributed by atoms with Gasteiger partial charge in [-0.2, -0.15) is 5.26 Å². The molecule has 0 amide bonds. The van der Waals surface area contributed by atoms with Crippen LogP contribution >= 0.6 is 0 Å². The van der Waals surface area contributed by atoms with Crippen molar-refractivity contribution < 1.29 is 5.11 Å². The van der Waals surface area contributed by atoms with Gasteiger partial charge in [-0.25, -0.2) is 0 Å². The molecule has 0 aromatic carbocycles. The van der Waals surface area contributed by atoms with Crippen LogP contribution < -0.4 is 4.90 Å². The van der Waals surface area contributed by atoms with Gasteiger partial charge in [0.05, 0.1) is 23.0 Å². The minimum absolute atomic E-state index is 0.290. The first-order valence-corrected chi connectivity index (χ1v) is 7.05. The molecule has 0 unspecified atom stereocenters. The number of aliphatic hydroxyl groups excluding tert-OH is 1. The van der Waals surface area contributed by atoms with E-state index in [1.54, 1.807) is 0 Å². The van der Waals surface area contributed by atoms with Gasteiger partial charge in [0.25, 0.3) is 0 Å². The highest BCUT2D eigenvalue weighted by Gasteiger charge is 2.21. The number of aryl methyl sites for hydroxylation is 2. The number of nitrogens with zero attached hydrogens (tertiary/aromatic N) is 4. The van der Waals surface area contributed by atoms with E-state index in [9.17, 15) is 10.4 Å². The third-order valence-electron chi connectivity index (χ3n) is 3.65. The number of aromatic nitrogens is 1. The Morgan fingerprint density at radius 3 is 2.55 bits per heavy atom. The van der Waals surface area contributed by atoms with Gasteiger partial charge in [-0.05, 0) is 26.8 Å². The van der Waals surface area contributed by atoms with Gasteiger partial charge in [0.1, 0.15) is 6.07 Å². The van der Waals surface area contributed by atoms with Crippen LogP contribution in [0.1, 0.15) is 23.9 Å². The van der Waals surface area contributed by atoms with Gasteiger partial charge in [-0.3, -0.25) is 9.88 Å². The second-order valence-electron chi connectivity index (χ2n) is 5.49. The number of rotatable bonds is 3. The zero-order valence-corrected chi connectivity index (χ0v) is 12.4. The Hall–Kier alpha value is -1.64. The highest BCUT2D eigenvalue weighted by atomic mass is 16.3. The lowest BCUT2D eigenvalue weighted by Gasteiger charge is -2.37. The first kappa shape index (κ1) is 14.8. The van der Waals surface area contributed by atoms with Gasteiger partial charge < -0.3 is 10.0 Å². The monoisotopic (exact) mass is 274 g/mol. The van der Waals surface area contributed by atoms with Crippen LogP contribution in [0.5, 0.6) is 0 Å². The molecule has 1 aromatic heterocycles. The summed E-state index contributed by atoms with van der Waals surface area (Å²) in [5, 5.41) is 18.8. The van der Waals surface area contributed by atoms with Crippen LogP contribution in [-0.4, -0.2) is 53.8 Å². The predicted molar refractivity (Wildman–Crippen MR) is 78.8 cm³/mol. The molecule has 0 aliphatic carbocycles. The van der Waals surface area contributed by atoms with E-state index in [1.807, 2.05) is 26.8 Å². The zero-order valence-electron chi connectivity index (χ0n) is 12.4. The van der Waals surface area contributed by atoms with Crippen LogP contribution in [0.25, 0.3) is 0 Å². The number of anilines is 1. The highest BCUT2D eigenvalue weighted by Crippen LogP contribution is 2.24. The van der Waals surface area contributed by atoms with Crippen LogP contribution in [-0.2, 0) is 0 Å². The van der Waals surface area contributed by atoms with Crippen molar-refractivity contribution in [2.24, 2.45) is 0 Å². The summed E-state index contributed by atoms with van der Waals surface area (Å²) in [5.41, 5.74) is 3.42. The molecule has 5 heteroatoms. The topological polar surface area (TPSA) is 63.4 Å². The van der Waals surface area contributed by atoms with E-state index >= 15 is 0 Å². The number of aliphatic hydroxyl groups is 1. The molecule has 5 nitrogen and oxygen atoms in total. The second kappa shape index (κ2) is 6.21. The first-order valence-electron chi connectivity index (χ1n) is 7.05. The SMILES string of the molecule is Cc1cc(N2CCN(C[C@@H](C)O)CC2)c(C#N)c(C)n1. The zero-order chi connectivity index (χ0) is 14.7. The van der Waals surface area contributed by atoms with Crippen molar-refractivity contribution in [3.05, 3.63) is 23.0 Å². The van der Waals surface area contributed by atoms with Gasteiger partial charge >= 0.3 is 0 Å². The van der Waals surface area contributed by atoms with Crippen LogP contribution in [0.15, 0.2) is 6.07 Å². The normalized spacial score (nSPS) is 17.9. The van der Waals surface area contributed by atoms with Gasteiger partial charge in [0.2, 0.25) is 0 Å². The van der Waals surface area contributed by atoms with E-state index in [2.05, 4.69) is 20.9 Å². The van der Waals surface area contributed by atoms with Crippen molar-refractivity contribution in [2.45, 2.75) is 26.9 Å². The first-order chi connectivity index (χ1) is 9.51.